The van der Waals surface area contributed by atoms with E-state index in [2.05, 4.69) is 9.72 Å². The van der Waals surface area contributed by atoms with Crippen molar-refractivity contribution >= 4 is 11.7 Å². The molecule has 0 aliphatic rings. The Morgan fingerprint density at radius 2 is 2.06 bits per heavy atom. The van der Waals surface area contributed by atoms with E-state index in [1.807, 2.05) is 0 Å². The van der Waals surface area contributed by atoms with Gasteiger partial charge in [0, 0.05) is 0 Å². The van der Waals surface area contributed by atoms with Gasteiger partial charge in [0.1, 0.15) is 6.20 Å². The van der Waals surface area contributed by atoms with Crippen molar-refractivity contribution in [1.29, 1.82) is 0 Å². The molecule has 0 aromatic carbocycles. The van der Waals surface area contributed by atoms with Crippen molar-refractivity contribution in [1.82, 2.24) is 4.98 Å². The molecule has 0 saturated carbocycles. The second kappa shape index (κ2) is 4.43. The minimum Gasteiger partial charge on any atom is -0.476 e. The summed E-state index contributed by atoms with van der Waals surface area (Å²) < 4.78 is 52.2. The number of ether oxygens (including phenoxy) is 1. The van der Waals surface area contributed by atoms with Crippen LogP contribution in [0.4, 0.5) is 23.2 Å². The van der Waals surface area contributed by atoms with E-state index in [1.165, 1.54) is 0 Å². The van der Waals surface area contributed by atoms with E-state index in [-0.39, 0.29) is 6.20 Å². The van der Waals surface area contributed by atoms with Gasteiger partial charge < -0.3 is 9.84 Å². The smallest absolute Gasteiger partial charge is 0.476 e. The quantitative estimate of drug-likeness (QED) is 0.509. The molecule has 0 amide bonds. The van der Waals surface area contributed by atoms with Crippen LogP contribution in [0.1, 0.15) is 10.5 Å². The van der Waals surface area contributed by atoms with Gasteiger partial charge in [-0.15, -0.1) is 13.2 Å². The topological polar surface area (TPSA) is 103 Å². The van der Waals surface area contributed by atoms with Crippen molar-refractivity contribution in [2.24, 2.45) is 0 Å². The highest BCUT2D eigenvalue weighted by Crippen LogP contribution is 2.32. The number of carboxylic acids is 1. The third kappa shape index (κ3) is 2.81. The van der Waals surface area contributed by atoms with Gasteiger partial charge in [0.15, 0.2) is 5.69 Å². The SMILES string of the molecule is O=C(O)c1ncc([N+](=O)[O-])c(F)c1OC(F)(F)F. The highest BCUT2D eigenvalue weighted by Gasteiger charge is 2.37. The number of nitrogens with zero attached hydrogens (tertiary/aromatic N) is 2. The van der Waals surface area contributed by atoms with Crippen LogP contribution in [0.2, 0.25) is 0 Å². The van der Waals surface area contributed by atoms with Gasteiger partial charge in [-0.2, -0.15) is 4.39 Å². The van der Waals surface area contributed by atoms with Crippen molar-refractivity contribution in [3.05, 3.63) is 27.8 Å². The molecule has 0 spiro atoms. The van der Waals surface area contributed by atoms with Gasteiger partial charge in [0.05, 0.1) is 4.92 Å². The Hall–Kier alpha value is -2.46. The van der Waals surface area contributed by atoms with Crippen molar-refractivity contribution in [3.8, 4) is 5.75 Å². The lowest BCUT2D eigenvalue weighted by Gasteiger charge is -2.11. The third-order valence-electron chi connectivity index (χ3n) is 1.57. The lowest BCUT2D eigenvalue weighted by Crippen LogP contribution is -2.21. The molecule has 7 nitrogen and oxygen atoms in total. The van der Waals surface area contributed by atoms with E-state index in [1.54, 1.807) is 0 Å². The van der Waals surface area contributed by atoms with Gasteiger partial charge in [-0.05, 0) is 0 Å². The van der Waals surface area contributed by atoms with E-state index < -0.39 is 40.2 Å². The molecule has 0 aliphatic carbocycles. The van der Waals surface area contributed by atoms with Gasteiger partial charge in [-0.3, -0.25) is 10.1 Å². The van der Waals surface area contributed by atoms with Crippen LogP contribution in [-0.2, 0) is 0 Å². The molecule has 1 heterocycles. The number of pyridine rings is 1. The maximum atomic E-state index is 13.3. The van der Waals surface area contributed by atoms with Gasteiger partial charge in [-0.1, -0.05) is 0 Å². The van der Waals surface area contributed by atoms with Crippen molar-refractivity contribution in [2.75, 3.05) is 0 Å². The zero-order valence-electron chi connectivity index (χ0n) is 8.06. The minimum atomic E-state index is -5.41. The molecular weight excluding hydrogens is 268 g/mol. The number of carboxylic acid groups (broad SMARTS) is 1. The van der Waals surface area contributed by atoms with E-state index in [9.17, 15) is 32.5 Å². The Kier molecular flexibility index (Phi) is 3.35. The number of alkyl halides is 3. The number of nitro groups is 1. The minimum absolute atomic E-state index is 0.183. The predicted molar refractivity (Wildman–Crippen MR) is 44.5 cm³/mol. The predicted octanol–water partition coefficient (Wildman–Crippen LogP) is 1.73. The van der Waals surface area contributed by atoms with Crippen molar-refractivity contribution in [2.45, 2.75) is 6.36 Å². The lowest BCUT2D eigenvalue weighted by molar-refractivity contribution is -0.388. The standard InChI is InChI=1S/C7H2F4N2O5/c8-3-2(13(16)17)1-12-4(6(14)15)5(3)18-7(9,10)11/h1H,(H,14,15). The first kappa shape index (κ1) is 13.6. The Morgan fingerprint density at radius 3 is 2.44 bits per heavy atom. The second-order valence-electron chi connectivity index (χ2n) is 2.75. The highest BCUT2D eigenvalue weighted by atomic mass is 19.4. The van der Waals surface area contributed by atoms with Crippen LogP contribution in [0.5, 0.6) is 5.75 Å². The van der Waals surface area contributed by atoms with Crippen LogP contribution < -0.4 is 4.74 Å². The summed E-state index contributed by atoms with van der Waals surface area (Å²) in [4.78, 5) is 22.2. The molecule has 1 aromatic heterocycles. The molecule has 0 unspecified atom stereocenters. The molecule has 18 heavy (non-hydrogen) atoms. The van der Waals surface area contributed by atoms with Gasteiger partial charge in [-0.25, -0.2) is 9.78 Å². The monoisotopic (exact) mass is 270 g/mol. The van der Waals surface area contributed by atoms with Gasteiger partial charge >= 0.3 is 18.0 Å². The van der Waals surface area contributed by atoms with E-state index in [0.717, 1.165) is 0 Å². The Morgan fingerprint density at radius 1 is 1.50 bits per heavy atom. The fourth-order valence-corrected chi connectivity index (χ4v) is 0.950. The fourth-order valence-electron chi connectivity index (χ4n) is 0.950. The maximum Gasteiger partial charge on any atom is 0.573 e. The first-order chi connectivity index (χ1) is 8.13. The molecular formula is C7H2F4N2O5. The van der Waals surface area contributed by atoms with Crippen LogP contribution >= 0.6 is 0 Å². The average molecular weight is 270 g/mol. The van der Waals surface area contributed by atoms with Gasteiger partial charge in [0.2, 0.25) is 11.6 Å². The number of aromatic nitrogens is 1. The third-order valence-corrected chi connectivity index (χ3v) is 1.57. The number of aromatic carboxylic acids is 1. The Labute approximate surface area is 94.8 Å². The van der Waals surface area contributed by atoms with Crippen LogP contribution in [0, 0.1) is 15.9 Å². The molecule has 0 fully saturated rings. The molecule has 11 heteroatoms. The molecule has 1 aromatic rings. The summed E-state index contributed by atoms with van der Waals surface area (Å²) in [6, 6.07) is 0. The van der Waals surface area contributed by atoms with Crippen LogP contribution in [-0.4, -0.2) is 27.3 Å². The summed E-state index contributed by atoms with van der Waals surface area (Å²) in [5, 5.41) is 18.7. The highest BCUT2D eigenvalue weighted by molar-refractivity contribution is 5.89. The Bertz CT molecular complexity index is 515. The van der Waals surface area contributed by atoms with Crippen molar-refractivity contribution in [3.63, 3.8) is 0 Å². The van der Waals surface area contributed by atoms with Crippen LogP contribution in [0.25, 0.3) is 0 Å². The number of hydrogen-bond donors (Lipinski definition) is 1. The molecule has 0 atom stereocenters. The van der Waals surface area contributed by atoms with Crippen molar-refractivity contribution < 1.29 is 37.1 Å². The number of hydrogen-bond acceptors (Lipinski definition) is 5. The zero-order valence-corrected chi connectivity index (χ0v) is 8.06. The lowest BCUT2D eigenvalue weighted by atomic mass is 10.3. The number of carbonyl (C=O) groups is 1. The summed E-state index contributed by atoms with van der Waals surface area (Å²) in [5.74, 6) is -5.95. The summed E-state index contributed by atoms with van der Waals surface area (Å²) in [6.07, 6.45) is -5.23. The average Bonchev–Trinajstić information content (AvgIpc) is 2.17. The largest absolute Gasteiger partial charge is 0.573 e. The normalized spacial score (nSPS) is 11.1. The Balaban J connectivity index is 3.45. The number of rotatable bonds is 3. The first-order valence-corrected chi connectivity index (χ1v) is 3.95. The zero-order chi connectivity index (χ0) is 14.1. The first-order valence-electron chi connectivity index (χ1n) is 3.95. The molecule has 0 radical (unpaired) electrons. The maximum absolute atomic E-state index is 13.3. The summed E-state index contributed by atoms with van der Waals surface area (Å²) >= 11 is 0. The summed E-state index contributed by atoms with van der Waals surface area (Å²) in [5.41, 5.74) is -2.85. The van der Waals surface area contributed by atoms with Gasteiger partial charge in [0.25, 0.3) is 0 Å². The van der Waals surface area contributed by atoms with E-state index >= 15 is 0 Å². The molecule has 0 bridgehead atoms. The molecule has 1 N–H and O–H groups in total. The molecule has 1 rings (SSSR count). The van der Waals surface area contributed by atoms with Crippen LogP contribution in [0.3, 0.4) is 0 Å². The fraction of sp³-hybridized carbons (Fsp3) is 0.143. The molecule has 98 valence electrons. The van der Waals surface area contributed by atoms with E-state index in [0.29, 0.717) is 0 Å². The van der Waals surface area contributed by atoms with Crippen LogP contribution in [0.15, 0.2) is 6.20 Å². The number of halogens is 4. The summed E-state index contributed by atoms with van der Waals surface area (Å²) in [7, 11) is 0. The molecule has 0 saturated heterocycles. The molecule has 0 aliphatic heterocycles. The van der Waals surface area contributed by atoms with E-state index in [4.69, 9.17) is 5.11 Å². The summed E-state index contributed by atoms with van der Waals surface area (Å²) in [6.45, 7) is 0. The second-order valence-corrected chi connectivity index (χ2v) is 2.75.